The molecule has 3 aromatic rings. The van der Waals surface area contributed by atoms with Crippen LogP contribution in [0, 0.1) is 0 Å². The molecule has 0 bridgehead atoms. The van der Waals surface area contributed by atoms with Gasteiger partial charge in [0.25, 0.3) is 0 Å². The van der Waals surface area contributed by atoms with Crippen LogP contribution < -0.4 is 10.6 Å². The van der Waals surface area contributed by atoms with Crippen molar-refractivity contribution in [3.8, 4) is 11.1 Å². The monoisotopic (exact) mass is 406 g/mol. The Morgan fingerprint density at radius 1 is 1.07 bits per heavy atom. The molecule has 2 amide bonds. The van der Waals surface area contributed by atoms with Crippen molar-refractivity contribution in [1.82, 2.24) is 9.97 Å². The summed E-state index contributed by atoms with van der Waals surface area (Å²) in [5.74, 6) is 0. The van der Waals surface area contributed by atoms with Crippen LogP contribution >= 0.6 is 11.6 Å². The summed E-state index contributed by atoms with van der Waals surface area (Å²) in [5.41, 5.74) is 6.61. The molecule has 5 nitrogen and oxygen atoms in total. The van der Waals surface area contributed by atoms with Crippen molar-refractivity contribution in [3.05, 3.63) is 77.3 Å². The van der Waals surface area contributed by atoms with Crippen molar-refractivity contribution in [3.63, 3.8) is 0 Å². The SMILES string of the molecule is NC(=O)N(Cc1cccc(-c2cncnc2)c1)c1ccc(Cl)c(C(F)(F)F)c1. The van der Waals surface area contributed by atoms with E-state index in [1.165, 1.54) is 12.4 Å². The van der Waals surface area contributed by atoms with Crippen LogP contribution in [0.4, 0.5) is 23.7 Å². The Balaban J connectivity index is 1.94. The van der Waals surface area contributed by atoms with Gasteiger partial charge in [0.15, 0.2) is 0 Å². The second kappa shape index (κ2) is 7.85. The van der Waals surface area contributed by atoms with Gasteiger partial charge < -0.3 is 5.73 Å². The Morgan fingerprint density at radius 2 is 1.79 bits per heavy atom. The largest absolute Gasteiger partial charge is 0.417 e. The maximum atomic E-state index is 13.1. The molecule has 2 N–H and O–H groups in total. The maximum absolute atomic E-state index is 13.1. The number of nitrogens with zero attached hydrogens (tertiary/aromatic N) is 3. The van der Waals surface area contributed by atoms with Crippen molar-refractivity contribution < 1.29 is 18.0 Å². The van der Waals surface area contributed by atoms with Crippen LogP contribution in [0.15, 0.2) is 61.2 Å². The number of benzene rings is 2. The van der Waals surface area contributed by atoms with E-state index in [2.05, 4.69) is 9.97 Å². The van der Waals surface area contributed by atoms with Crippen molar-refractivity contribution in [1.29, 1.82) is 0 Å². The normalized spacial score (nSPS) is 11.3. The minimum Gasteiger partial charge on any atom is -0.351 e. The molecule has 28 heavy (non-hydrogen) atoms. The third-order valence-corrected chi connectivity index (χ3v) is 4.32. The fourth-order valence-corrected chi connectivity index (χ4v) is 2.90. The number of carbonyl (C=O) groups excluding carboxylic acids is 1. The summed E-state index contributed by atoms with van der Waals surface area (Å²) >= 11 is 5.65. The van der Waals surface area contributed by atoms with Crippen LogP contribution in [-0.2, 0) is 12.7 Å². The lowest BCUT2D eigenvalue weighted by atomic mass is 10.1. The third-order valence-electron chi connectivity index (χ3n) is 3.99. The topological polar surface area (TPSA) is 72.1 Å². The summed E-state index contributed by atoms with van der Waals surface area (Å²) < 4.78 is 39.4. The fraction of sp³-hybridized carbons (Fsp3) is 0.105. The van der Waals surface area contributed by atoms with Gasteiger partial charge in [-0.3, -0.25) is 4.90 Å². The third kappa shape index (κ3) is 4.40. The first-order valence-corrected chi connectivity index (χ1v) is 8.41. The van der Waals surface area contributed by atoms with Crippen molar-refractivity contribution in [2.45, 2.75) is 12.7 Å². The first-order valence-electron chi connectivity index (χ1n) is 8.04. The smallest absolute Gasteiger partial charge is 0.351 e. The van der Waals surface area contributed by atoms with E-state index in [1.807, 2.05) is 6.07 Å². The number of amides is 2. The molecule has 0 aliphatic carbocycles. The number of anilines is 1. The summed E-state index contributed by atoms with van der Waals surface area (Å²) in [4.78, 5) is 20.9. The summed E-state index contributed by atoms with van der Waals surface area (Å²) in [6, 6.07) is 9.45. The van der Waals surface area contributed by atoms with E-state index in [0.717, 1.165) is 28.2 Å². The van der Waals surface area contributed by atoms with Gasteiger partial charge in [0.2, 0.25) is 0 Å². The molecule has 0 aliphatic rings. The summed E-state index contributed by atoms with van der Waals surface area (Å²) in [7, 11) is 0. The molecule has 2 aromatic carbocycles. The van der Waals surface area contributed by atoms with Crippen LogP contribution in [0.1, 0.15) is 11.1 Å². The Kier molecular flexibility index (Phi) is 5.51. The summed E-state index contributed by atoms with van der Waals surface area (Å²) in [5, 5.41) is -0.452. The highest BCUT2D eigenvalue weighted by atomic mass is 35.5. The highest BCUT2D eigenvalue weighted by Gasteiger charge is 2.34. The number of hydrogen-bond donors (Lipinski definition) is 1. The number of primary amides is 1. The molecule has 1 heterocycles. The van der Waals surface area contributed by atoms with Gasteiger partial charge >= 0.3 is 12.2 Å². The van der Waals surface area contributed by atoms with Crippen molar-refractivity contribution >= 4 is 23.3 Å². The predicted octanol–water partition coefficient (Wildman–Crippen LogP) is 4.90. The van der Waals surface area contributed by atoms with E-state index in [4.69, 9.17) is 17.3 Å². The molecule has 144 valence electrons. The molecular weight excluding hydrogens is 393 g/mol. The summed E-state index contributed by atoms with van der Waals surface area (Å²) in [6.45, 7) is -0.0181. The van der Waals surface area contributed by atoms with Gasteiger partial charge in [0, 0.05) is 23.6 Å². The van der Waals surface area contributed by atoms with Crippen molar-refractivity contribution in [2.24, 2.45) is 5.73 Å². The Morgan fingerprint density at radius 3 is 2.43 bits per heavy atom. The van der Waals surface area contributed by atoms with E-state index >= 15 is 0 Å². The minimum atomic E-state index is -4.65. The van der Waals surface area contributed by atoms with Crippen molar-refractivity contribution in [2.75, 3.05) is 4.90 Å². The lowest BCUT2D eigenvalue weighted by Gasteiger charge is -2.22. The van der Waals surface area contributed by atoms with E-state index in [9.17, 15) is 18.0 Å². The first kappa shape index (κ1) is 19.6. The van der Waals surface area contributed by atoms with Crippen LogP contribution in [0.2, 0.25) is 5.02 Å². The molecule has 0 fully saturated rings. The van der Waals surface area contributed by atoms with Crippen LogP contribution in [0.25, 0.3) is 11.1 Å². The predicted molar refractivity (Wildman–Crippen MR) is 99.7 cm³/mol. The Hall–Kier alpha value is -3.13. The number of halogens is 4. The molecule has 9 heteroatoms. The number of nitrogens with two attached hydrogens (primary N) is 1. The van der Waals surface area contributed by atoms with Gasteiger partial charge in [-0.2, -0.15) is 13.2 Å². The van der Waals surface area contributed by atoms with E-state index in [1.54, 1.807) is 30.6 Å². The fourth-order valence-electron chi connectivity index (χ4n) is 2.67. The zero-order valence-electron chi connectivity index (χ0n) is 14.3. The minimum absolute atomic E-state index is 0.00216. The number of rotatable bonds is 4. The van der Waals surface area contributed by atoms with E-state index < -0.39 is 22.8 Å². The van der Waals surface area contributed by atoms with E-state index in [0.29, 0.717) is 5.56 Å². The van der Waals surface area contributed by atoms with Crippen LogP contribution in [0.5, 0.6) is 0 Å². The lowest BCUT2D eigenvalue weighted by Crippen LogP contribution is -2.35. The van der Waals surface area contributed by atoms with Gasteiger partial charge in [-0.25, -0.2) is 14.8 Å². The molecule has 0 atom stereocenters. The zero-order chi connectivity index (χ0) is 20.3. The van der Waals surface area contributed by atoms with Gasteiger partial charge in [-0.1, -0.05) is 29.8 Å². The molecule has 0 radical (unpaired) electrons. The quantitative estimate of drug-likeness (QED) is 0.669. The average molecular weight is 407 g/mol. The highest BCUT2D eigenvalue weighted by molar-refractivity contribution is 6.31. The molecule has 1 aromatic heterocycles. The van der Waals surface area contributed by atoms with Gasteiger partial charge in [0.05, 0.1) is 17.1 Å². The van der Waals surface area contributed by atoms with E-state index in [-0.39, 0.29) is 12.2 Å². The highest BCUT2D eigenvalue weighted by Crippen LogP contribution is 2.37. The number of aromatic nitrogens is 2. The zero-order valence-corrected chi connectivity index (χ0v) is 15.1. The lowest BCUT2D eigenvalue weighted by molar-refractivity contribution is -0.137. The Bertz CT molecular complexity index is 996. The van der Waals surface area contributed by atoms with Gasteiger partial charge in [-0.15, -0.1) is 0 Å². The molecule has 0 saturated carbocycles. The number of hydrogen-bond acceptors (Lipinski definition) is 3. The number of carbonyl (C=O) groups is 1. The molecular formula is C19H14ClF3N4O. The molecule has 3 rings (SSSR count). The molecule has 0 unspecified atom stereocenters. The Labute approximate surface area is 163 Å². The average Bonchev–Trinajstić information content (AvgIpc) is 2.66. The number of alkyl halides is 3. The molecule has 0 spiro atoms. The number of urea groups is 1. The van der Waals surface area contributed by atoms with Crippen LogP contribution in [0.3, 0.4) is 0 Å². The molecule has 0 aliphatic heterocycles. The van der Waals surface area contributed by atoms with Gasteiger partial charge in [0.1, 0.15) is 6.33 Å². The first-order chi connectivity index (χ1) is 13.3. The second-order valence-corrected chi connectivity index (χ2v) is 6.32. The second-order valence-electron chi connectivity index (χ2n) is 5.91. The maximum Gasteiger partial charge on any atom is 0.417 e. The van der Waals surface area contributed by atoms with Gasteiger partial charge in [-0.05, 0) is 35.4 Å². The molecule has 0 saturated heterocycles. The summed E-state index contributed by atoms with van der Waals surface area (Å²) in [6.07, 6.45) is 0.0180. The standard InChI is InChI=1S/C19H14ClF3N4O/c20-17-5-4-15(7-16(17)19(21,22)23)27(18(24)28)10-12-2-1-3-13(6-12)14-8-25-11-26-9-14/h1-9,11H,10H2,(H2,24,28). The van der Waals surface area contributed by atoms with Crippen LogP contribution in [-0.4, -0.2) is 16.0 Å².